The van der Waals surface area contributed by atoms with Crippen LogP contribution in [0.1, 0.15) is 35.4 Å². The van der Waals surface area contributed by atoms with Crippen molar-refractivity contribution in [1.82, 2.24) is 24.3 Å². The highest BCUT2D eigenvalue weighted by atomic mass is 32.2. The van der Waals surface area contributed by atoms with Crippen molar-refractivity contribution >= 4 is 39.7 Å². The second kappa shape index (κ2) is 8.21. The topological polar surface area (TPSA) is 92.5 Å². The summed E-state index contributed by atoms with van der Waals surface area (Å²) < 4.78 is 4.03. The molecule has 5 rings (SSSR count). The third-order valence-corrected chi connectivity index (χ3v) is 7.14. The van der Waals surface area contributed by atoms with Crippen LogP contribution in [0, 0.1) is 11.3 Å². The molecule has 0 atom stereocenters. The summed E-state index contributed by atoms with van der Waals surface area (Å²) in [5, 5.41) is 32.1. The van der Waals surface area contributed by atoms with Gasteiger partial charge in [0.1, 0.15) is 23.2 Å². The molecule has 1 N–H and O–H groups in total. The largest absolute Gasteiger partial charge is 0.510 e. The molecule has 0 unspecified atom stereocenters. The average Bonchev–Trinajstić information content (AvgIpc) is 3.18. The van der Waals surface area contributed by atoms with Gasteiger partial charge in [0.2, 0.25) is 0 Å². The highest BCUT2D eigenvalue weighted by Crippen LogP contribution is 2.39. The van der Waals surface area contributed by atoms with Crippen molar-refractivity contribution in [3.8, 4) is 6.07 Å². The van der Waals surface area contributed by atoms with E-state index >= 15 is 0 Å². The summed E-state index contributed by atoms with van der Waals surface area (Å²) in [5.41, 5.74) is 1.89. The first-order valence-corrected chi connectivity index (χ1v) is 11.8. The summed E-state index contributed by atoms with van der Waals surface area (Å²) in [5.74, 6) is 1.64. The number of aryl methyl sites for hydroxylation is 1. The highest BCUT2D eigenvalue weighted by Gasteiger charge is 2.30. The number of thioether (sulfide) groups is 1. The number of aromatic nitrogens is 5. The minimum atomic E-state index is -0.00365. The standard InChI is InChI=1S/C22H20N6OS2/c1-27-18-7-3-2-6-17(18)24-21(27)16(12-23)19(29)13-31-22-26-25-20(28(22)14-8-9-14)11-15-5-4-10-30-15/h2-7,10,14,29H,8-9,11,13H2,1H3/b19-16-. The Bertz CT molecular complexity index is 1310. The van der Waals surface area contributed by atoms with Gasteiger partial charge in [-0.1, -0.05) is 30.0 Å². The van der Waals surface area contributed by atoms with E-state index in [0.717, 1.165) is 41.3 Å². The molecule has 3 heterocycles. The Balaban J connectivity index is 1.41. The molecule has 1 aliphatic rings. The van der Waals surface area contributed by atoms with Crippen LogP contribution in [0.4, 0.5) is 0 Å². The minimum Gasteiger partial charge on any atom is -0.510 e. The molecule has 1 aromatic carbocycles. The van der Waals surface area contributed by atoms with E-state index in [4.69, 9.17) is 0 Å². The van der Waals surface area contributed by atoms with Crippen molar-refractivity contribution in [3.05, 3.63) is 64.1 Å². The molecular formula is C22H20N6OS2. The van der Waals surface area contributed by atoms with Crippen LogP contribution in [0.3, 0.4) is 0 Å². The lowest BCUT2D eigenvalue weighted by Crippen LogP contribution is -2.05. The highest BCUT2D eigenvalue weighted by molar-refractivity contribution is 7.99. The number of nitrogens with zero attached hydrogens (tertiary/aromatic N) is 6. The molecule has 156 valence electrons. The zero-order valence-electron chi connectivity index (χ0n) is 16.9. The third kappa shape index (κ3) is 3.84. The minimum absolute atomic E-state index is 0.00365. The van der Waals surface area contributed by atoms with Crippen LogP contribution in [0.2, 0.25) is 0 Å². The molecular weight excluding hydrogens is 428 g/mol. The van der Waals surface area contributed by atoms with Gasteiger partial charge in [-0.15, -0.1) is 21.5 Å². The summed E-state index contributed by atoms with van der Waals surface area (Å²) in [7, 11) is 1.85. The number of rotatable bonds is 7. The van der Waals surface area contributed by atoms with Gasteiger partial charge in [-0.3, -0.25) is 0 Å². The van der Waals surface area contributed by atoms with E-state index in [2.05, 4.69) is 37.3 Å². The van der Waals surface area contributed by atoms with Crippen LogP contribution in [0.5, 0.6) is 0 Å². The zero-order chi connectivity index (χ0) is 21.4. The van der Waals surface area contributed by atoms with Crippen LogP contribution in [-0.2, 0) is 13.5 Å². The molecule has 0 bridgehead atoms. The maximum absolute atomic E-state index is 10.8. The molecule has 1 aliphatic carbocycles. The third-order valence-electron chi connectivity index (χ3n) is 5.31. The number of fused-ring (bicyclic) bond motifs is 1. The molecule has 1 fully saturated rings. The second-order valence-electron chi connectivity index (χ2n) is 7.46. The van der Waals surface area contributed by atoms with Crippen LogP contribution in [0.25, 0.3) is 16.6 Å². The number of hydrogen-bond acceptors (Lipinski definition) is 7. The molecule has 9 heteroatoms. The monoisotopic (exact) mass is 448 g/mol. The van der Waals surface area contributed by atoms with Gasteiger partial charge in [0, 0.05) is 24.4 Å². The summed E-state index contributed by atoms with van der Waals surface area (Å²) in [6, 6.07) is 14.4. The van der Waals surface area contributed by atoms with Gasteiger partial charge >= 0.3 is 0 Å². The number of imidazole rings is 1. The maximum atomic E-state index is 10.8. The first-order valence-electron chi connectivity index (χ1n) is 9.98. The van der Waals surface area contributed by atoms with E-state index in [0.29, 0.717) is 11.9 Å². The van der Waals surface area contributed by atoms with Gasteiger partial charge in [0.25, 0.3) is 0 Å². The molecule has 31 heavy (non-hydrogen) atoms. The predicted octanol–water partition coefficient (Wildman–Crippen LogP) is 4.74. The van der Waals surface area contributed by atoms with Gasteiger partial charge in [-0.25, -0.2) is 4.98 Å². The van der Waals surface area contributed by atoms with E-state index in [1.165, 1.54) is 16.6 Å². The zero-order valence-corrected chi connectivity index (χ0v) is 18.5. The summed E-state index contributed by atoms with van der Waals surface area (Å²) in [4.78, 5) is 5.79. The quantitative estimate of drug-likeness (QED) is 0.249. The normalized spacial score (nSPS) is 14.6. The molecule has 0 aliphatic heterocycles. The summed E-state index contributed by atoms with van der Waals surface area (Å²) in [6.07, 6.45) is 3.00. The number of thiophene rings is 1. The Kier molecular flexibility index (Phi) is 5.26. The molecule has 7 nitrogen and oxygen atoms in total. The van der Waals surface area contributed by atoms with Crippen molar-refractivity contribution in [1.29, 1.82) is 5.26 Å². The van der Waals surface area contributed by atoms with Crippen LogP contribution < -0.4 is 0 Å². The SMILES string of the molecule is Cn1c(/C(C#N)=C(\O)CSc2nnc(Cc3cccs3)n2C2CC2)nc2ccccc21. The van der Waals surface area contributed by atoms with Gasteiger partial charge in [-0.2, -0.15) is 5.26 Å². The number of aliphatic hydroxyl groups is 1. The molecule has 1 saturated carbocycles. The molecule has 0 amide bonds. The Morgan fingerprint density at radius 3 is 2.81 bits per heavy atom. The first kappa shape index (κ1) is 19.8. The van der Waals surface area contributed by atoms with Crippen molar-refractivity contribution < 1.29 is 5.11 Å². The van der Waals surface area contributed by atoms with Gasteiger partial charge in [0.05, 0.1) is 16.8 Å². The fraction of sp³-hybridized carbons (Fsp3) is 0.273. The van der Waals surface area contributed by atoms with Gasteiger partial charge in [0.15, 0.2) is 11.0 Å². The molecule has 0 spiro atoms. The molecule has 0 saturated heterocycles. The van der Waals surface area contributed by atoms with Gasteiger partial charge in [-0.05, 0) is 36.4 Å². The fourth-order valence-corrected chi connectivity index (χ4v) is 5.22. The first-order chi connectivity index (χ1) is 15.2. The number of aliphatic hydroxyl groups excluding tert-OH is 1. The molecule has 3 aromatic heterocycles. The average molecular weight is 449 g/mol. The smallest absolute Gasteiger partial charge is 0.191 e. The van der Waals surface area contributed by atoms with Crippen molar-refractivity contribution in [3.63, 3.8) is 0 Å². The van der Waals surface area contributed by atoms with Gasteiger partial charge < -0.3 is 14.2 Å². The predicted molar refractivity (Wildman–Crippen MR) is 122 cm³/mol. The van der Waals surface area contributed by atoms with Crippen molar-refractivity contribution in [2.75, 3.05) is 5.75 Å². The second-order valence-corrected chi connectivity index (χ2v) is 9.44. The van der Waals surface area contributed by atoms with Crippen LogP contribution in [-0.4, -0.2) is 35.2 Å². The van der Waals surface area contributed by atoms with E-state index in [1.807, 2.05) is 41.9 Å². The Morgan fingerprint density at radius 2 is 2.10 bits per heavy atom. The number of para-hydroxylation sites is 2. The number of allylic oxidation sites excluding steroid dienone is 1. The van der Waals surface area contributed by atoms with E-state index in [1.54, 1.807) is 11.3 Å². The lowest BCUT2D eigenvalue weighted by molar-refractivity contribution is 0.420. The van der Waals surface area contributed by atoms with E-state index in [9.17, 15) is 10.4 Å². The molecule has 0 radical (unpaired) electrons. The van der Waals surface area contributed by atoms with Crippen LogP contribution >= 0.6 is 23.1 Å². The number of benzene rings is 1. The van der Waals surface area contributed by atoms with Crippen molar-refractivity contribution in [2.45, 2.75) is 30.5 Å². The van der Waals surface area contributed by atoms with E-state index < -0.39 is 0 Å². The number of hydrogen-bond donors (Lipinski definition) is 1. The summed E-state index contributed by atoms with van der Waals surface area (Å²) in [6.45, 7) is 0. The number of nitriles is 1. The van der Waals surface area contributed by atoms with Crippen molar-refractivity contribution in [2.24, 2.45) is 7.05 Å². The Hall–Kier alpha value is -3.09. The lowest BCUT2D eigenvalue weighted by Gasteiger charge is -2.09. The maximum Gasteiger partial charge on any atom is 0.191 e. The lowest BCUT2D eigenvalue weighted by atomic mass is 10.2. The van der Waals surface area contributed by atoms with Crippen LogP contribution in [0.15, 0.2) is 52.7 Å². The Labute approximate surface area is 187 Å². The Morgan fingerprint density at radius 1 is 1.26 bits per heavy atom. The fourth-order valence-electron chi connectivity index (χ4n) is 3.61. The van der Waals surface area contributed by atoms with E-state index in [-0.39, 0.29) is 17.1 Å². The summed E-state index contributed by atoms with van der Waals surface area (Å²) >= 11 is 3.12. The molecule has 4 aromatic rings.